The Morgan fingerprint density at radius 2 is 2.37 bits per heavy atom. The van der Waals surface area contributed by atoms with E-state index in [2.05, 4.69) is 36.9 Å². The molecule has 3 heterocycles. The predicted octanol–water partition coefficient (Wildman–Crippen LogP) is 2.52. The Morgan fingerprint density at radius 1 is 1.53 bits per heavy atom. The van der Waals surface area contributed by atoms with Crippen molar-refractivity contribution in [3.8, 4) is 0 Å². The Kier molecular flexibility index (Phi) is 3.23. The third kappa shape index (κ3) is 2.13. The Balaban J connectivity index is 1.94. The smallest absolute Gasteiger partial charge is 0.185 e. The highest BCUT2D eigenvalue weighted by Gasteiger charge is 2.48. The molecule has 0 aromatic carbocycles. The number of hydrogen-bond donors (Lipinski definition) is 0. The molecule has 0 unspecified atom stereocenters. The van der Waals surface area contributed by atoms with Crippen LogP contribution < -0.4 is 0 Å². The van der Waals surface area contributed by atoms with Gasteiger partial charge < -0.3 is 14.0 Å². The maximum Gasteiger partial charge on any atom is 0.185 e. The summed E-state index contributed by atoms with van der Waals surface area (Å²) in [5.41, 5.74) is 1.82. The van der Waals surface area contributed by atoms with Crippen LogP contribution in [0.5, 0.6) is 0 Å². The van der Waals surface area contributed by atoms with Crippen LogP contribution in [-0.4, -0.2) is 35.3 Å². The van der Waals surface area contributed by atoms with Crippen LogP contribution in [0.25, 0.3) is 0 Å². The summed E-state index contributed by atoms with van der Waals surface area (Å²) < 4.78 is 14.0. The minimum atomic E-state index is -0.452. The van der Waals surface area contributed by atoms with Gasteiger partial charge in [-0.1, -0.05) is 0 Å². The summed E-state index contributed by atoms with van der Waals surface area (Å²) in [6.07, 6.45) is 6.43. The second-order valence-corrected chi connectivity index (χ2v) is 5.66. The largest absolute Gasteiger partial charge is 0.376 e. The number of rotatable bonds is 2. The van der Waals surface area contributed by atoms with Gasteiger partial charge in [0.25, 0.3) is 0 Å². The average molecular weight is 262 g/mol. The monoisotopic (exact) mass is 262 g/mol. The number of methoxy groups -OCH3 is 1. The molecule has 1 aromatic rings. The van der Waals surface area contributed by atoms with E-state index in [1.54, 1.807) is 7.11 Å². The molecule has 4 heteroatoms. The van der Waals surface area contributed by atoms with Gasteiger partial charge in [0.1, 0.15) is 6.10 Å². The highest BCUT2D eigenvalue weighted by molar-refractivity contribution is 6.01. The second-order valence-electron chi connectivity index (χ2n) is 5.66. The molecule has 1 saturated heterocycles. The molecule has 2 aliphatic heterocycles. The maximum absolute atomic E-state index is 6.18. The Bertz CT molecular complexity index is 494. The van der Waals surface area contributed by atoms with Crippen molar-refractivity contribution in [2.75, 3.05) is 7.11 Å². The van der Waals surface area contributed by atoms with Crippen molar-refractivity contribution in [1.29, 1.82) is 0 Å². The van der Waals surface area contributed by atoms with Gasteiger partial charge in [0.05, 0.1) is 17.5 Å². The first kappa shape index (κ1) is 12.9. The molecule has 3 rings (SSSR count). The fourth-order valence-electron chi connectivity index (χ4n) is 3.30. The number of aryl methyl sites for hydroxylation is 1. The zero-order chi connectivity index (χ0) is 13.5. The first-order chi connectivity index (χ1) is 9.14. The van der Waals surface area contributed by atoms with E-state index >= 15 is 0 Å². The minimum Gasteiger partial charge on any atom is -0.376 e. The zero-order valence-electron chi connectivity index (χ0n) is 11.9. The summed E-state index contributed by atoms with van der Waals surface area (Å²) in [5, 5.41) is 0. The Morgan fingerprint density at radius 3 is 3.00 bits per heavy atom. The van der Waals surface area contributed by atoms with Gasteiger partial charge in [-0.2, -0.15) is 0 Å². The normalized spacial score (nSPS) is 34.8. The highest BCUT2D eigenvalue weighted by atomic mass is 16.6. The van der Waals surface area contributed by atoms with E-state index in [1.807, 2.05) is 0 Å². The van der Waals surface area contributed by atoms with Crippen molar-refractivity contribution in [2.24, 2.45) is 12.0 Å². The van der Waals surface area contributed by atoms with E-state index in [4.69, 9.17) is 14.5 Å². The second kappa shape index (κ2) is 4.76. The molecule has 1 aromatic heterocycles. The SMILES string of the molecule is CO[C@H]1CC(c2cccn2C)=N[C@@]12CCC[C@@H](C)O2. The number of ether oxygens (including phenoxy) is 2. The Hall–Kier alpha value is -1.13. The number of hydrogen-bond acceptors (Lipinski definition) is 3. The predicted molar refractivity (Wildman–Crippen MR) is 74.5 cm³/mol. The lowest BCUT2D eigenvalue weighted by Crippen LogP contribution is -2.46. The molecule has 0 saturated carbocycles. The van der Waals surface area contributed by atoms with Gasteiger partial charge in [0.15, 0.2) is 5.72 Å². The molecule has 4 nitrogen and oxygen atoms in total. The molecule has 1 fully saturated rings. The molecule has 0 aliphatic carbocycles. The van der Waals surface area contributed by atoms with Gasteiger partial charge in [-0.15, -0.1) is 0 Å². The van der Waals surface area contributed by atoms with Crippen LogP contribution in [0.1, 0.15) is 38.3 Å². The van der Waals surface area contributed by atoms with E-state index in [0.717, 1.165) is 31.4 Å². The summed E-state index contributed by atoms with van der Waals surface area (Å²) in [6.45, 7) is 2.13. The molecular weight excluding hydrogens is 240 g/mol. The summed E-state index contributed by atoms with van der Waals surface area (Å²) >= 11 is 0. The van der Waals surface area contributed by atoms with E-state index in [9.17, 15) is 0 Å². The van der Waals surface area contributed by atoms with Crippen molar-refractivity contribution < 1.29 is 9.47 Å². The first-order valence-electron chi connectivity index (χ1n) is 7.05. The van der Waals surface area contributed by atoms with Crippen LogP contribution in [-0.2, 0) is 16.5 Å². The third-order valence-electron chi connectivity index (χ3n) is 4.28. The van der Waals surface area contributed by atoms with Gasteiger partial charge in [0.2, 0.25) is 0 Å². The lowest BCUT2D eigenvalue weighted by molar-refractivity contribution is -0.172. The number of aromatic nitrogens is 1. The van der Waals surface area contributed by atoms with Crippen LogP contribution in [0, 0.1) is 0 Å². The lowest BCUT2D eigenvalue weighted by Gasteiger charge is -2.38. The van der Waals surface area contributed by atoms with E-state index in [-0.39, 0.29) is 12.2 Å². The topological polar surface area (TPSA) is 35.8 Å². The first-order valence-corrected chi connectivity index (χ1v) is 7.05. The molecule has 0 bridgehead atoms. The van der Waals surface area contributed by atoms with Crippen molar-refractivity contribution in [3.05, 3.63) is 24.0 Å². The Labute approximate surface area is 114 Å². The van der Waals surface area contributed by atoms with Crippen LogP contribution in [0.2, 0.25) is 0 Å². The number of aliphatic imine (C=N–C) groups is 1. The van der Waals surface area contributed by atoms with Crippen molar-refractivity contribution in [3.63, 3.8) is 0 Å². The summed E-state index contributed by atoms with van der Waals surface area (Å²) in [6, 6.07) is 4.16. The molecule has 3 atom stereocenters. The summed E-state index contributed by atoms with van der Waals surface area (Å²) in [4.78, 5) is 4.93. The van der Waals surface area contributed by atoms with Crippen LogP contribution >= 0.6 is 0 Å². The van der Waals surface area contributed by atoms with Crippen LogP contribution in [0.4, 0.5) is 0 Å². The van der Waals surface area contributed by atoms with E-state index in [1.165, 1.54) is 5.69 Å². The number of nitrogens with zero attached hydrogens (tertiary/aromatic N) is 2. The molecule has 104 valence electrons. The lowest BCUT2D eigenvalue weighted by atomic mass is 9.95. The van der Waals surface area contributed by atoms with Crippen molar-refractivity contribution in [2.45, 2.75) is 50.5 Å². The van der Waals surface area contributed by atoms with Gasteiger partial charge in [0, 0.05) is 26.8 Å². The maximum atomic E-state index is 6.18. The standard InChI is InChI=1S/C15H22N2O2/c1-11-6-4-8-15(19-11)14(18-3)10-12(16-15)13-7-5-9-17(13)2/h5,7,9,11,14H,4,6,8,10H2,1-3H3/t11-,14+,15-/m1/s1. The summed E-state index contributed by atoms with van der Waals surface area (Å²) in [5.74, 6) is 0. The fourth-order valence-corrected chi connectivity index (χ4v) is 3.30. The van der Waals surface area contributed by atoms with Gasteiger partial charge in [-0.05, 0) is 38.3 Å². The van der Waals surface area contributed by atoms with Crippen molar-refractivity contribution >= 4 is 5.71 Å². The van der Waals surface area contributed by atoms with E-state index < -0.39 is 5.72 Å². The molecule has 0 N–H and O–H groups in total. The third-order valence-corrected chi connectivity index (χ3v) is 4.28. The zero-order valence-corrected chi connectivity index (χ0v) is 11.9. The molecule has 1 spiro atoms. The highest BCUT2D eigenvalue weighted by Crippen LogP contribution is 2.40. The van der Waals surface area contributed by atoms with Crippen molar-refractivity contribution in [1.82, 2.24) is 4.57 Å². The van der Waals surface area contributed by atoms with Crippen LogP contribution in [0.3, 0.4) is 0 Å². The average Bonchev–Trinajstić information content (AvgIpc) is 2.93. The summed E-state index contributed by atoms with van der Waals surface area (Å²) in [7, 11) is 3.81. The molecule has 19 heavy (non-hydrogen) atoms. The minimum absolute atomic E-state index is 0.0418. The van der Waals surface area contributed by atoms with E-state index in [0.29, 0.717) is 0 Å². The van der Waals surface area contributed by atoms with Crippen LogP contribution in [0.15, 0.2) is 23.3 Å². The van der Waals surface area contributed by atoms with Gasteiger partial charge >= 0.3 is 0 Å². The fraction of sp³-hybridized carbons (Fsp3) is 0.667. The van der Waals surface area contributed by atoms with Gasteiger partial charge in [-0.3, -0.25) is 4.99 Å². The quantitative estimate of drug-likeness (QED) is 0.821. The molecule has 2 aliphatic rings. The molecular formula is C15H22N2O2. The van der Waals surface area contributed by atoms with Gasteiger partial charge in [-0.25, -0.2) is 0 Å². The molecule has 0 amide bonds. The molecule has 0 radical (unpaired) electrons.